The molecule has 1 unspecified atom stereocenters. The number of hydrogen-bond donors (Lipinski definition) is 2. The number of nitrogens with zero attached hydrogens (tertiary/aromatic N) is 2. The smallest absolute Gasteiger partial charge is 0.305 e. The molecule has 7 nitrogen and oxygen atoms in total. The minimum atomic E-state index is -0.986. The van der Waals surface area contributed by atoms with Gasteiger partial charge in [-0.25, -0.2) is 0 Å². The Kier molecular flexibility index (Phi) is 5.71. The predicted octanol–water partition coefficient (Wildman–Crippen LogP) is 1.02. The third-order valence-corrected chi connectivity index (χ3v) is 4.74. The van der Waals surface area contributed by atoms with Crippen LogP contribution in [0, 0.1) is 0 Å². The fraction of sp³-hybridized carbons (Fsp3) is 0.350. The second-order valence-corrected chi connectivity index (χ2v) is 6.81. The highest BCUT2D eigenvalue weighted by molar-refractivity contribution is 5.84. The summed E-state index contributed by atoms with van der Waals surface area (Å²) in [4.78, 5) is 38.5. The third kappa shape index (κ3) is 4.43. The highest BCUT2D eigenvalue weighted by Crippen LogP contribution is 2.21. The minimum absolute atomic E-state index is 0.0138. The predicted molar refractivity (Wildman–Crippen MR) is 101 cm³/mol. The van der Waals surface area contributed by atoms with Gasteiger partial charge in [-0.2, -0.15) is 0 Å². The maximum Gasteiger partial charge on any atom is 0.305 e. The molecule has 2 N–H and O–H groups in total. The second kappa shape index (κ2) is 8.18. The van der Waals surface area contributed by atoms with Crippen LogP contribution in [0.15, 0.2) is 47.4 Å². The van der Waals surface area contributed by atoms with Crippen LogP contribution in [0.5, 0.6) is 0 Å². The summed E-state index contributed by atoms with van der Waals surface area (Å²) < 4.78 is 1.45. The van der Waals surface area contributed by atoms with Gasteiger partial charge in [0.25, 0.3) is 5.56 Å². The Morgan fingerprint density at radius 3 is 2.67 bits per heavy atom. The molecular weight excluding hydrogens is 346 g/mol. The average Bonchev–Trinajstić information content (AvgIpc) is 2.63. The van der Waals surface area contributed by atoms with Gasteiger partial charge >= 0.3 is 5.97 Å². The number of carboxylic acid groups (broad SMARTS) is 1. The van der Waals surface area contributed by atoms with Crippen molar-refractivity contribution in [1.29, 1.82) is 0 Å². The lowest BCUT2D eigenvalue weighted by molar-refractivity contribution is -0.137. The Labute approximate surface area is 157 Å². The molecule has 3 rings (SSSR count). The Morgan fingerprint density at radius 1 is 1.22 bits per heavy atom. The molecule has 1 aliphatic heterocycles. The number of carbonyl (C=O) groups excluding carboxylic acids is 1. The van der Waals surface area contributed by atoms with Gasteiger partial charge in [-0.05, 0) is 30.2 Å². The maximum atomic E-state index is 12.8. The van der Waals surface area contributed by atoms with E-state index in [1.807, 2.05) is 25.2 Å². The first-order valence-electron chi connectivity index (χ1n) is 8.92. The molecular formula is C20H23N3O4. The Balaban J connectivity index is 1.98. The van der Waals surface area contributed by atoms with Crippen LogP contribution in [0.3, 0.4) is 0 Å². The van der Waals surface area contributed by atoms with E-state index in [-0.39, 0.29) is 18.5 Å². The van der Waals surface area contributed by atoms with Crippen LogP contribution in [0.25, 0.3) is 0 Å². The van der Waals surface area contributed by atoms with Crippen molar-refractivity contribution in [3.63, 3.8) is 0 Å². The van der Waals surface area contributed by atoms with Gasteiger partial charge in [0, 0.05) is 31.9 Å². The fourth-order valence-electron chi connectivity index (χ4n) is 3.35. The van der Waals surface area contributed by atoms with E-state index in [9.17, 15) is 14.4 Å². The Bertz CT molecular complexity index is 892. The summed E-state index contributed by atoms with van der Waals surface area (Å²) in [5.41, 5.74) is 2.49. The van der Waals surface area contributed by atoms with Gasteiger partial charge in [0.05, 0.1) is 6.42 Å². The number of amides is 1. The van der Waals surface area contributed by atoms with E-state index in [2.05, 4.69) is 10.2 Å². The van der Waals surface area contributed by atoms with Gasteiger partial charge in [-0.1, -0.05) is 30.3 Å². The average molecular weight is 369 g/mol. The van der Waals surface area contributed by atoms with E-state index < -0.39 is 17.9 Å². The van der Waals surface area contributed by atoms with Gasteiger partial charge in [-0.15, -0.1) is 0 Å². The van der Waals surface area contributed by atoms with Crippen LogP contribution in [0.4, 0.5) is 0 Å². The zero-order valence-corrected chi connectivity index (χ0v) is 15.2. The summed E-state index contributed by atoms with van der Waals surface area (Å²) >= 11 is 0. The highest BCUT2D eigenvalue weighted by Gasteiger charge is 2.25. The van der Waals surface area contributed by atoms with E-state index in [1.165, 1.54) is 4.57 Å². The lowest BCUT2D eigenvalue weighted by Crippen LogP contribution is -2.39. The first kappa shape index (κ1) is 18.8. The van der Waals surface area contributed by atoms with Crippen LogP contribution in [0.1, 0.15) is 29.2 Å². The zero-order chi connectivity index (χ0) is 19.4. The van der Waals surface area contributed by atoms with Gasteiger partial charge in [-0.3, -0.25) is 19.0 Å². The molecule has 1 aliphatic rings. The van der Waals surface area contributed by atoms with Crippen molar-refractivity contribution in [2.24, 2.45) is 0 Å². The highest BCUT2D eigenvalue weighted by atomic mass is 16.4. The summed E-state index contributed by atoms with van der Waals surface area (Å²) in [6, 6.07) is 9.81. The molecule has 0 radical (unpaired) electrons. The summed E-state index contributed by atoms with van der Waals surface area (Å²) in [5.74, 6) is -1.38. The van der Waals surface area contributed by atoms with Crippen LogP contribution in [0.2, 0.25) is 0 Å². The van der Waals surface area contributed by atoms with Gasteiger partial charge in [0.2, 0.25) is 5.91 Å². The molecule has 2 heterocycles. The lowest BCUT2D eigenvalue weighted by Gasteiger charge is -2.27. The van der Waals surface area contributed by atoms with Crippen molar-refractivity contribution in [3.8, 4) is 0 Å². The first-order chi connectivity index (χ1) is 13.0. The van der Waals surface area contributed by atoms with Gasteiger partial charge in [0.1, 0.15) is 6.04 Å². The van der Waals surface area contributed by atoms with E-state index in [4.69, 9.17) is 5.11 Å². The van der Waals surface area contributed by atoms with Crippen LogP contribution in [-0.4, -0.2) is 46.6 Å². The Morgan fingerprint density at radius 2 is 1.96 bits per heavy atom. The van der Waals surface area contributed by atoms with Crippen molar-refractivity contribution in [2.75, 3.05) is 20.1 Å². The monoisotopic (exact) mass is 369 g/mol. The molecule has 0 aliphatic carbocycles. The molecule has 27 heavy (non-hydrogen) atoms. The molecule has 0 fully saturated rings. The molecule has 142 valence electrons. The molecule has 1 atom stereocenters. The Hall–Kier alpha value is -2.93. The number of pyridine rings is 1. The first-order valence-corrected chi connectivity index (χ1v) is 8.92. The second-order valence-electron chi connectivity index (χ2n) is 6.81. The molecule has 1 aromatic heterocycles. The normalized spacial score (nSPS) is 15.0. The number of carbonyl (C=O) groups is 2. The number of hydrogen-bond acceptors (Lipinski definition) is 4. The van der Waals surface area contributed by atoms with E-state index in [0.717, 1.165) is 30.6 Å². The molecule has 0 saturated carbocycles. The van der Waals surface area contributed by atoms with Crippen LogP contribution < -0.4 is 10.9 Å². The number of nitrogens with one attached hydrogen (secondary N) is 1. The van der Waals surface area contributed by atoms with E-state index in [0.29, 0.717) is 5.56 Å². The standard InChI is InChI=1S/C20H23N3O4/c1-22-10-8-15-11-17(24)23(13-16(15)12-22)19(14-5-3-2-4-6-14)20(27)21-9-7-18(25)26/h2-6,11,13,19H,7-10,12H2,1H3,(H,21,27)(H,25,26). The summed E-state index contributed by atoms with van der Waals surface area (Å²) in [6.07, 6.45) is 2.40. The van der Waals surface area contributed by atoms with E-state index >= 15 is 0 Å². The quantitative estimate of drug-likeness (QED) is 0.793. The number of rotatable bonds is 6. The fourth-order valence-corrected chi connectivity index (χ4v) is 3.35. The largest absolute Gasteiger partial charge is 0.481 e. The molecule has 0 spiro atoms. The van der Waals surface area contributed by atoms with E-state index in [1.54, 1.807) is 24.4 Å². The third-order valence-electron chi connectivity index (χ3n) is 4.74. The number of carboxylic acids is 1. The number of likely N-dealkylation sites (N-methyl/N-ethyl adjacent to an activating group) is 1. The summed E-state index contributed by atoms with van der Waals surface area (Å²) in [6.45, 7) is 1.63. The molecule has 0 saturated heterocycles. The molecule has 1 aromatic carbocycles. The van der Waals surface area contributed by atoms with Crippen molar-refractivity contribution in [1.82, 2.24) is 14.8 Å². The SMILES string of the molecule is CN1CCc2cc(=O)n(C(C(=O)NCCC(=O)O)c3ccccc3)cc2C1. The molecule has 2 aromatic rings. The molecule has 0 bridgehead atoms. The lowest BCUT2D eigenvalue weighted by atomic mass is 10.0. The van der Waals surface area contributed by atoms with Crippen molar-refractivity contribution in [2.45, 2.75) is 25.4 Å². The number of benzene rings is 1. The maximum absolute atomic E-state index is 12.8. The minimum Gasteiger partial charge on any atom is -0.481 e. The van der Waals surface area contributed by atoms with Crippen LogP contribution >= 0.6 is 0 Å². The summed E-state index contributed by atoms with van der Waals surface area (Å²) in [7, 11) is 2.02. The molecule has 1 amide bonds. The van der Waals surface area contributed by atoms with Crippen molar-refractivity contribution >= 4 is 11.9 Å². The van der Waals surface area contributed by atoms with Crippen molar-refractivity contribution in [3.05, 3.63) is 69.6 Å². The van der Waals surface area contributed by atoms with Crippen LogP contribution in [-0.2, 0) is 22.6 Å². The number of fused-ring (bicyclic) bond motifs is 1. The molecule has 7 heteroatoms. The number of aliphatic carboxylic acids is 1. The topological polar surface area (TPSA) is 91.6 Å². The van der Waals surface area contributed by atoms with Gasteiger partial charge in [0.15, 0.2) is 0 Å². The van der Waals surface area contributed by atoms with Crippen molar-refractivity contribution < 1.29 is 14.7 Å². The van der Waals surface area contributed by atoms with Gasteiger partial charge < -0.3 is 15.3 Å². The summed E-state index contributed by atoms with van der Waals surface area (Å²) in [5, 5.41) is 11.4. The number of aromatic nitrogens is 1. The zero-order valence-electron chi connectivity index (χ0n) is 15.2.